The van der Waals surface area contributed by atoms with E-state index in [0.717, 1.165) is 73.7 Å². The monoisotopic (exact) mass is 466 g/mol. The first-order chi connectivity index (χ1) is 16.5. The fraction of sp³-hybridized carbons (Fsp3) is 0.276. The lowest BCUT2D eigenvalue weighted by atomic mass is 9.80. The zero-order valence-electron chi connectivity index (χ0n) is 19.6. The molecule has 0 spiro atoms. The molecule has 4 aromatic rings. The molecule has 0 saturated heterocycles. The van der Waals surface area contributed by atoms with Crippen LogP contribution in [0.2, 0.25) is 0 Å². The molecular weight excluding hydrogens is 440 g/mol. The summed E-state index contributed by atoms with van der Waals surface area (Å²) in [5.41, 5.74) is 7.39. The predicted octanol–water partition coefficient (Wildman–Crippen LogP) is 7.17. The van der Waals surface area contributed by atoms with Gasteiger partial charge in [0.25, 0.3) is 0 Å². The minimum absolute atomic E-state index is 0.0618. The van der Waals surface area contributed by atoms with E-state index in [2.05, 4.69) is 47.2 Å². The molecule has 0 radical (unpaired) electrons. The minimum atomic E-state index is -0.878. The first-order valence-electron chi connectivity index (χ1n) is 11.7. The number of benzene rings is 2. The van der Waals surface area contributed by atoms with Crippen molar-refractivity contribution in [3.8, 4) is 33.5 Å². The van der Waals surface area contributed by atoms with E-state index in [1.807, 2.05) is 26.8 Å². The molecule has 0 bridgehead atoms. The average molecular weight is 467 g/mol. The number of thiazole rings is 1. The molecule has 1 aliphatic carbocycles. The van der Waals surface area contributed by atoms with Crippen LogP contribution in [0.4, 0.5) is 0 Å². The molecule has 2 aromatic heterocycles. The largest absolute Gasteiger partial charge is 0.478 e. The third-order valence-corrected chi connectivity index (χ3v) is 7.59. The summed E-state index contributed by atoms with van der Waals surface area (Å²) < 4.78 is 0. The van der Waals surface area contributed by atoms with Crippen LogP contribution in [0.5, 0.6) is 0 Å². The third kappa shape index (κ3) is 3.99. The van der Waals surface area contributed by atoms with Crippen molar-refractivity contribution in [2.45, 2.75) is 52.4 Å². The Kier molecular flexibility index (Phi) is 5.93. The lowest BCUT2D eigenvalue weighted by Gasteiger charge is -2.23. The number of fused-ring (bicyclic) bond motifs is 1. The molecule has 2 heterocycles. The highest BCUT2D eigenvalue weighted by Crippen LogP contribution is 2.39. The van der Waals surface area contributed by atoms with Gasteiger partial charge in [0, 0.05) is 17.7 Å². The van der Waals surface area contributed by atoms with Gasteiger partial charge in [-0.2, -0.15) is 0 Å². The summed E-state index contributed by atoms with van der Waals surface area (Å²) in [7, 11) is 0. The summed E-state index contributed by atoms with van der Waals surface area (Å²) >= 11 is 1.67. The molecule has 2 aromatic carbocycles. The van der Waals surface area contributed by atoms with E-state index in [4.69, 9.17) is 4.98 Å². The molecule has 170 valence electrons. The van der Waals surface area contributed by atoms with Crippen molar-refractivity contribution in [3.05, 3.63) is 69.9 Å². The van der Waals surface area contributed by atoms with Crippen LogP contribution in [0.3, 0.4) is 0 Å². The summed E-state index contributed by atoms with van der Waals surface area (Å²) in [6, 6.07) is 14.2. The van der Waals surface area contributed by atoms with Crippen LogP contribution in [-0.2, 0) is 6.42 Å². The zero-order chi connectivity index (χ0) is 23.8. The highest BCUT2D eigenvalue weighted by Gasteiger charge is 2.24. The normalized spacial score (nSPS) is 15.2. The molecule has 1 unspecified atom stereocenters. The lowest BCUT2D eigenvalue weighted by molar-refractivity contribution is 0.0695. The van der Waals surface area contributed by atoms with Crippen LogP contribution in [0.15, 0.2) is 42.5 Å². The fourth-order valence-corrected chi connectivity index (χ4v) is 5.85. The number of hydrogen-bond acceptors (Lipinski definition) is 4. The van der Waals surface area contributed by atoms with Gasteiger partial charge < -0.3 is 5.11 Å². The second-order valence-corrected chi connectivity index (χ2v) is 9.93. The van der Waals surface area contributed by atoms with Gasteiger partial charge in [-0.1, -0.05) is 31.0 Å². The Labute approximate surface area is 203 Å². The van der Waals surface area contributed by atoms with E-state index in [-0.39, 0.29) is 5.92 Å². The molecule has 1 aliphatic rings. The maximum atomic E-state index is 12.0. The van der Waals surface area contributed by atoms with Gasteiger partial charge >= 0.3 is 5.97 Å². The van der Waals surface area contributed by atoms with Gasteiger partial charge in [0.1, 0.15) is 0 Å². The van der Waals surface area contributed by atoms with Gasteiger partial charge in [-0.15, -0.1) is 17.3 Å². The van der Waals surface area contributed by atoms with Crippen molar-refractivity contribution in [2.24, 2.45) is 0 Å². The first kappa shape index (κ1) is 22.3. The van der Waals surface area contributed by atoms with E-state index < -0.39 is 5.97 Å². The van der Waals surface area contributed by atoms with E-state index in [0.29, 0.717) is 12.0 Å². The number of nitrogens with zero attached hydrogens (tertiary/aromatic N) is 2. The van der Waals surface area contributed by atoms with Gasteiger partial charge in [-0.3, -0.25) is 0 Å². The van der Waals surface area contributed by atoms with E-state index in [1.165, 1.54) is 0 Å². The van der Waals surface area contributed by atoms with Crippen molar-refractivity contribution in [3.63, 3.8) is 0 Å². The van der Waals surface area contributed by atoms with E-state index >= 15 is 0 Å². The summed E-state index contributed by atoms with van der Waals surface area (Å²) in [6.07, 6.45) is 3.57. The maximum Gasteiger partial charge on any atom is 0.335 e. The van der Waals surface area contributed by atoms with Crippen LogP contribution in [0.1, 0.15) is 64.3 Å². The third-order valence-electron chi connectivity index (χ3n) is 6.50. The van der Waals surface area contributed by atoms with Crippen LogP contribution < -0.4 is 0 Å². The number of carbonyl (C=O) groups is 1. The molecule has 4 nitrogen and oxygen atoms in total. The number of rotatable bonds is 5. The second-order valence-electron chi connectivity index (χ2n) is 8.73. The van der Waals surface area contributed by atoms with Gasteiger partial charge in [-0.25, -0.2) is 14.8 Å². The van der Waals surface area contributed by atoms with Crippen LogP contribution in [-0.4, -0.2) is 21.0 Å². The molecule has 0 fully saturated rings. The highest BCUT2D eigenvalue weighted by atomic mass is 32.1. The molecule has 34 heavy (non-hydrogen) atoms. The van der Waals surface area contributed by atoms with Crippen molar-refractivity contribution < 1.29 is 9.90 Å². The van der Waals surface area contributed by atoms with E-state index in [9.17, 15) is 9.90 Å². The number of aromatic nitrogens is 2. The average Bonchev–Trinajstić information content (AvgIpc) is 3.20. The number of carboxylic acids is 1. The maximum absolute atomic E-state index is 12.0. The van der Waals surface area contributed by atoms with E-state index in [1.54, 1.807) is 17.4 Å². The van der Waals surface area contributed by atoms with Crippen LogP contribution in [0, 0.1) is 25.7 Å². The Morgan fingerprint density at radius 1 is 1.15 bits per heavy atom. The number of aromatic carboxylic acids is 1. The second kappa shape index (κ2) is 9.04. The molecular formula is C29H26N2O2S. The Balaban J connectivity index is 1.65. The van der Waals surface area contributed by atoms with Crippen molar-refractivity contribution in [1.29, 1.82) is 0 Å². The lowest BCUT2D eigenvalue weighted by Crippen LogP contribution is -2.11. The Bertz CT molecular complexity index is 1490. The Hall–Kier alpha value is -3.49. The topological polar surface area (TPSA) is 63.1 Å². The predicted molar refractivity (Wildman–Crippen MR) is 138 cm³/mol. The molecule has 0 amide bonds. The summed E-state index contributed by atoms with van der Waals surface area (Å²) in [5.74, 6) is 5.84. The van der Waals surface area contributed by atoms with Gasteiger partial charge in [-0.05, 0) is 79.6 Å². The van der Waals surface area contributed by atoms with Crippen molar-refractivity contribution >= 4 is 28.2 Å². The Morgan fingerprint density at radius 2 is 2.00 bits per heavy atom. The molecule has 5 rings (SSSR count). The molecule has 5 heteroatoms. The standard InChI is InChI=1S/C29H26N2O2S/c1-4-22-24(29(32)33)13-12-23(27(22)19-8-6-5-7-9-19)20-10-14-25-21(16-20)11-15-26(31-25)28-17(2)30-18(3)34-28/h10-16,19H,4-6,8H2,1-3H3,(H,32,33). The molecule has 1 N–H and O–H groups in total. The number of carboxylic acid groups (broad SMARTS) is 1. The van der Waals surface area contributed by atoms with Crippen molar-refractivity contribution in [2.75, 3.05) is 0 Å². The summed E-state index contributed by atoms with van der Waals surface area (Å²) in [5, 5.41) is 11.9. The van der Waals surface area contributed by atoms with Crippen LogP contribution in [0.25, 0.3) is 32.6 Å². The Morgan fingerprint density at radius 3 is 2.68 bits per heavy atom. The quantitative estimate of drug-likeness (QED) is 0.317. The number of aryl methyl sites for hydroxylation is 2. The first-order valence-corrected chi connectivity index (χ1v) is 12.5. The number of hydrogen-bond donors (Lipinski definition) is 1. The summed E-state index contributed by atoms with van der Waals surface area (Å²) in [4.78, 5) is 22.5. The molecule has 0 aliphatic heterocycles. The van der Waals surface area contributed by atoms with Gasteiger partial charge in [0.05, 0.1) is 32.4 Å². The van der Waals surface area contributed by atoms with Gasteiger partial charge in [0.2, 0.25) is 0 Å². The molecule has 1 atom stereocenters. The molecule has 0 saturated carbocycles. The minimum Gasteiger partial charge on any atom is -0.478 e. The smallest absolute Gasteiger partial charge is 0.335 e. The number of pyridine rings is 1. The van der Waals surface area contributed by atoms with Crippen LogP contribution >= 0.6 is 11.3 Å². The summed E-state index contributed by atoms with van der Waals surface area (Å²) in [6.45, 7) is 6.07. The zero-order valence-corrected chi connectivity index (χ0v) is 20.4. The van der Waals surface area contributed by atoms with Gasteiger partial charge in [0.15, 0.2) is 0 Å². The highest BCUT2D eigenvalue weighted by molar-refractivity contribution is 7.15. The van der Waals surface area contributed by atoms with Crippen molar-refractivity contribution in [1.82, 2.24) is 9.97 Å². The SMILES string of the molecule is CCc1c(C(=O)O)ccc(-c2ccc3nc(-c4sc(C)nc4C)ccc3c2)c1C1C#CCCC1. The fourth-order valence-electron chi connectivity index (χ4n) is 4.96.